The molecular weight excluding hydrogens is 288 g/mol. The van der Waals surface area contributed by atoms with Crippen LogP contribution in [0.15, 0.2) is 36.4 Å². The monoisotopic (exact) mass is 310 g/mol. The van der Waals surface area contributed by atoms with Crippen LogP contribution in [0.5, 0.6) is 5.75 Å². The zero-order valence-corrected chi connectivity index (χ0v) is 13.6. The zero-order chi connectivity index (χ0) is 15.7. The molecule has 5 heteroatoms. The van der Waals surface area contributed by atoms with Crippen molar-refractivity contribution in [2.75, 3.05) is 27.2 Å². The van der Waals surface area contributed by atoms with E-state index in [4.69, 9.17) is 16.3 Å². The van der Waals surface area contributed by atoms with Gasteiger partial charge in [-0.1, -0.05) is 36.7 Å². The second kappa shape index (κ2) is 9.42. The summed E-state index contributed by atoms with van der Waals surface area (Å²) in [4.78, 5) is 13.7. The fourth-order valence-electron chi connectivity index (χ4n) is 1.63. The number of hydrogen-bond acceptors (Lipinski definition) is 3. The molecule has 0 saturated heterocycles. The summed E-state index contributed by atoms with van der Waals surface area (Å²) in [6, 6.07) is 7.33. The first-order chi connectivity index (χ1) is 10.0. The summed E-state index contributed by atoms with van der Waals surface area (Å²) < 4.78 is 5.81. The van der Waals surface area contributed by atoms with E-state index < -0.39 is 0 Å². The van der Waals surface area contributed by atoms with Crippen molar-refractivity contribution in [3.8, 4) is 5.75 Å². The molecule has 1 aromatic rings. The Bertz CT molecular complexity index is 475. The third-order valence-corrected chi connectivity index (χ3v) is 3.14. The van der Waals surface area contributed by atoms with Gasteiger partial charge in [0.2, 0.25) is 5.91 Å². The number of rotatable bonds is 8. The van der Waals surface area contributed by atoms with Crippen LogP contribution in [0, 0.1) is 0 Å². The Labute approximate surface area is 131 Å². The molecule has 21 heavy (non-hydrogen) atoms. The van der Waals surface area contributed by atoms with Crippen LogP contribution in [0.3, 0.4) is 0 Å². The van der Waals surface area contributed by atoms with Crippen LogP contribution in [-0.4, -0.2) is 44.1 Å². The minimum absolute atomic E-state index is 0.101. The van der Waals surface area contributed by atoms with E-state index in [0.717, 1.165) is 13.0 Å². The third kappa shape index (κ3) is 7.16. The normalized spacial score (nSPS) is 12.6. The molecule has 0 aliphatic rings. The molecule has 0 heterocycles. The molecule has 0 radical (unpaired) electrons. The predicted molar refractivity (Wildman–Crippen MR) is 86.9 cm³/mol. The zero-order valence-electron chi connectivity index (χ0n) is 12.8. The molecule has 0 aromatic heterocycles. The van der Waals surface area contributed by atoms with E-state index in [1.54, 1.807) is 12.1 Å². The van der Waals surface area contributed by atoms with Crippen molar-refractivity contribution in [1.29, 1.82) is 0 Å². The van der Waals surface area contributed by atoms with Gasteiger partial charge in [0.25, 0.3) is 0 Å². The first-order valence-corrected chi connectivity index (χ1v) is 7.41. The summed E-state index contributed by atoms with van der Waals surface area (Å²) in [5.41, 5.74) is 0. The van der Waals surface area contributed by atoms with E-state index in [9.17, 15) is 4.79 Å². The molecule has 0 bridgehead atoms. The molecule has 0 saturated carbocycles. The largest absolute Gasteiger partial charge is 0.487 e. The molecule has 1 unspecified atom stereocenters. The molecule has 1 amide bonds. The molecule has 0 fully saturated rings. The SMILES string of the molecule is CCC(CNC(=O)/C=C/CN(C)C)Oc1ccccc1Cl. The fourth-order valence-corrected chi connectivity index (χ4v) is 1.81. The number of benzene rings is 1. The second-order valence-corrected chi connectivity index (χ2v) is 5.40. The Morgan fingerprint density at radius 3 is 2.76 bits per heavy atom. The molecule has 1 rings (SSSR count). The Morgan fingerprint density at radius 1 is 1.43 bits per heavy atom. The van der Waals surface area contributed by atoms with Gasteiger partial charge in [-0.3, -0.25) is 4.79 Å². The summed E-state index contributed by atoms with van der Waals surface area (Å²) in [5.74, 6) is 0.529. The van der Waals surface area contributed by atoms with Crippen molar-refractivity contribution >= 4 is 17.5 Å². The number of ether oxygens (including phenoxy) is 1. The van der Waals surface area contributed by atoms with E-state index in [1.165, 1.54) is 0 Å². The van der Waals surface area contributed by atoms with Gasteiger partial charge in [0, 0.05) is 12.6 Å². The van der Waals surface area contributed by atoms with Gasteiger partial charge in [-0.05, 0) is 32.6 Å². The Kier molecular flexibility index (Phi) is 7.87. The summed E-state index contributed by atoms with van der Waals surface area (Å²) in [7, 11) is 3.90. The van der Waals surface area contributed by atoms with Crippen LogP contribution in [0.2, 0.25) is 5.02 Å². The summed E-state index contributed by atoms with van der Waals surface area (Å²) in [5, 5.41) is 3.41. The number of carbonyl (C=O) groups is 1. The van der Waals surface area contributed by atoms with Gasteiger partial charge in [0.15, 0.2) is 0 Å². The predicted octanol–water partition coefficient (Wildman–Crippen LogP) is 2.73. The van der Waals surface area contributed by atoms with Crippen molar-refractivity contribution in [2.24, 2.45) is 0 Å². The second-order valence-electron chi connectivity index (χ2n) is 4.99. The standard InChI is InChI=1S/C16H23ClN2O2/c1-4-13(21-15-9-6-5-8-14(15)17)12-18-16(20)10-7-11-19(2)3/h5-10,13H,4,11-12H2,1-3H3,(H,18,20)/b10-7+. The topological polar surface area (TPSA) is 41.6 Å². The van der Waals surface area contributed by atoms with Gasteiger partial charge in [0.05, 0.1) is 11.6 Å². The lowest BCUT2D eigenvalue weighted by molar-refractivity contribution is -0.116. The van der Waals surface area contributed by atoms with Crippen LogP contribution in [-0.2, 0) is 4.79 Å². The van der Waals surface area contributed by atoms with E-state index in [-0.39, 0.29) is 12.0 Å². The van der Waals surface area contributed by atoms with Crippen molar-refractivity contribution in [2.45, 2.75) is 19.4 Å². The maximum absolute atomic E-state index is 11.7. The number of amides is 1. The molecule has 1 N–H and O–H groups in total. The Hall–Kier alpha value is -1.52. The number of hydrogen-bond donors (Lipinski definition) is 1. The van der Waals surface area contributed by atoms with Gasteiger partial charge in [-0.15, -0.1) is 0 Å². The smallest absolute Gasteiger partial charge is 0.243 e. The Balaban J connectivity index is 2.43. The van der Waals surface area contributed by atoms with Crippen LogP contribution in [0.4, 0.5) is 0 Å². The molecule has 0 spiro atoms. The third-order valence-electron chi connectivity index (χ3n) is 2.83. The highest BCUT2D eigenvalue weighted by atomic mass is 35.5. The molecule has 116 valence electrons. The number of carbonyl (C=O) groups excluding carboxylic acids is 1. The van der Waals surface area contributed by atoms with E-state index in [1.807, 2.05) is 50.2 Å². The van der Waals surface area contributed by atoms with E-state index in [0.29, 0.717) is 17.3 Å². The average Bonchev–Trinajstić information content (AvgIpc) is 2.45. The van der Waals surface area contributed by atoms with Crippen LogP contribution >= 0.6 is 11.6 Å². The highest BCUT2D eigenvalue weighted by molar-refractivity contribution is 6.32. The molecular formula is C16H23ClN2O2. The van der Waals surface area contributed by atoms with Crippen molar-refractivity contribution < 1.29 is 9.53 Å². The maximum Gasteiger partial charge on any atom is 0.243 e. The number of nitrogens with one attached hydrogen (secondary N) is 1. The Morgan fingerprint density at radius 2 is 2.14 bits per heavy atom. The molecule has 4 nitrogen and oxygen atoms in total. The number of nitrogens with zero attached hydrogens (tertiary/aromatic N) is 1. The van der Waals surface area contributed by atoms with Crippen molar-refractivity contribution in [1.82, 2.24) is 10.2 Å². The first-order valence-electron chi connectivity index (χ1n) is 7.03. The molecule has 0 aliphatic heterocycles. The average molecular weight is 311 g/mol. The lowest BCUT2D eigenvalue weighted by Crippen LogP contribution is -2.34. The van der Waals surface area contributed by atoms with Crippen LogP contribution in [0.1, 0.15) is 13.3 Å². The number of halogens is 1. The van der Waals surface area contributed by atoms with Gasteiger partial charge >= 0.3 is 0 Å². The minimum Gasteiger partial charge on any atom is -0.487 e. The van der Waals surface area contributed by atoms with Crippen molar-refractivity contribution in [3.05, 3.63) is 41.4 Å². The van der Waals surface area contributed by atoms with Gasteiger partial charge in [0.1, 0.15) is 11.9 Å². The van der Waals surface area contributed by atoms with Crippen molar-refractivity contribution in [3.63, 3.8) is 0 Å². The molecule has 1 atom stereocenters. The van der Waals surface area contributed by atoms with E-state index in [2.05, 4.69) is 5.32 Å². The molecule has 1 aromatic carbocycles. The van der Waals surface area contributed by atoms with Crippen LogP contribution < -0.4 is 10.1 Å². The summed E-state index contributed by atoms with van der Waals surface area (Å²) in [6.07, 6.45) is 4.05. The highest BCUT2D eigenvalue weighted by Crippen LogP contribution is 2.24. The summed E-state index contributed by atoms with van der Waals surface area (Å²) >= 11 is 6.06. The first kappa shape index (κ1) is 17.5. The van der Waals surface area contributed by atoms with Gasteiger partial charge in [-0.2, -0.15) is 0 Å². The molecule has 0 aliphatic carbocycles. The maximum atomic E-state index is 11.7. The number of para-hydroxylation sites is 1. The van der Waals surface area contributed by atoms with E-state index >= 15 is 0 Å². The number of likely N-dealkylation sites (N-methyl/N-ethyl adjacent to an activating group) is 1. The van der Waals surface area contributed by atoms with Gasteiger partial charge in [-0.25, -0.2) is 0 Å². The quantitative estimate of drug-likeness (QED) is 0.751. The minimum atomic E-state index is -0.113. The lowest BCUT2D eigenvalue weighted by atomic mass is 10.2. The highest BCUT2D eigenvalue weighted by Gasteiger charge is 2.11. The fraction of sp³-hybridized carbons (Fsp3) is 0.438. The van der Waals surface area contributed by atoms with Gasteiger partial charge < -0.3 is 15.0 Å². The van der Waals surface area contributed by atoms with Crippen LogP contribution in [0.25, 0.3) is 0 Å². The summed E-state index contributed by atoms with van der Waals surface area (Å²) in [6.45, 7) is 3.20. The lowest BCUT2D eigenvalue weighted by Gasteiger charge is -2.18.